The maximum atomic E-state index is 2.36. The van der Waals surface area contributed by atoms with Crippen LogP contribution < -0.4 is 0 Å². The third-order valence-electron chi connectivity index (χ3n) is 2.99. The first kappa shape index (κ1) is 7.15. The first-order chi connectivity index (χ1) is 5.27. The monoisotopic (exact) mass is 148 g/mol. The Hall–Kier alpha value is -0.520. The lowest BCUT2D eigenvalue weighted by atomic mass is 9.90. The van der Waals surface area contributed by atoms with Gasteiger partial charge in [-0.1, -0.05) is 31.6 Å². The molecule has 0 radical (unpaired) electrons. The zero-order chi connectivity index (χ0) is 7.84. The Labute approximate surface area is 69.0 Å². The Morgan fingerprint density at radius 3 is 3.00 bits per heavy atom. The fourth-order valence-corrected chi connectivity index (χ4v) is 2.27. The van der Waals surface area contributed by atoms with E-state index in [2.05, 4.69) is 26.0 Å². The average Bonchev–Trinajstić information content (AvgIpc) is 2.32. The summed E-state index contributed by atoms with van der Waals surface area (Å²) in [5.74, 6) is 1.63. The minimum absolute atomic E-state index is 0.791. The Morgan fingerprint density at radius 2 is 2.18 bits per heavy atom. The van der Waals surface area contributed by atoms with E-state index in [1.807, 2.05) is 0 Å². The highest BCUT2D eigenvalue weighted by molar-refractivity contribution is 5.35. The van der Waals surface area contributed by atoms with Gasteiger partial charge in [0.15, 0.2) is 0 Å². The van der Waals surface area contributed by atoms with Crippen LogP contribution in [0, 0.1) is 11.8 Å². The molecule has 0 aromatic carbocycles. The summed E-state index contributed by atoms with van der Waals surface area (Å²) in [5.41, 5.74) is 3.40. The molecule has 2 aliphatic rings. The Morgan fingerprint density at radius 1 is 1.36 bits per heavy atom. The molecule has 0 nitrogen and oxygen atoms in total. The second-order valence-electron chi connectivity index (χ2n) is 4.04. The van der Waals surface area contributed by atoms with Crippen molar-refractivity contribution in [2.24, 2.45) is 11.8 Å². The van der Waals surface area contributed by atoms with E-state index in [9.17, 15) is 0 Å². The molecule has 0 heterocycles. The average molecular weight is 148 g/mol. The van der Waals surface area contributed by atoms with Crippen LogP contribution in [0.1, 0.15) is 33.1 Å². The van der Waals surface area contributed by atoms with E-state index in [1.165, 1.54) is 19.3 Å². The van der Waals surface area contributed by atoms with Gasteiger partial charge in [-0.15, -0.1) is 0 Å². The zero-order valence-corrected chi connectivity index (χ0v) is 7.43. The molecule has 11 heavy (non-hydrogen) atoms. The van der Waals surface area contributed by atoms with Gasteiger partial charge in [0.1, 0.15) is 0 Å². The third-order valence-corrected chi connectivity index (χ3v) is 2.99. The molecule has 0 amide bonds. The molecule has 0 fully saturated rings. The van der Waals surface area contributed by atoms with E-state index in [0.717, 1.165) is 11.8 Å². The zero-order valence-electron chi connectivity index (χ0n) is 7.43. The molecule has 2 aliphatic carbocycles. The van der Waals surface area contributed by atoms with Gasteiger partial charge in [0.25, 0.3) is 0 Å². The lowest BCUT2D eigenvalue weighted by Gasteiger charge is -2.15. The molecule has 0 bridgehead atoms. The van der Waals surface area contributed by atoms with E-state index in [-0.39, 0.29) is 0 Å². The van der Waals surface area contributed by atoms with Crippen LogP contribution in [0.25, 0.3) is 0 Å². The number of allylic oxidation sites excluding steroid dienone is 4. The highest BCUT2D eigenvalue weighted by atomic mass is 14.3. The molecule has 0 aliphatic heterocycles. The topological polar surface area (TPSA) is 0 Å². The second-order valence-corrected chi connectivity index (χ2v) is 4.04. The molecule has 0 heteroatoms. The smallest absolute Gasteiger partial charge is 0.0188 e. The molecular formula is C11H16. The van der Waals surface area contributed by atoms with Gasteiger partial charge < -0.3 is 0 Å². The van der Waals surface area contributed by atoms with Crippen LogP contribution in [-0.4, -0.2) is 0 Å². The maximum Gasteiger partial charge on any atom is -0.0188 e. The van der Waals surface area contributed by atoms with E-state index < -0.39 is 0 Å². The van der Waals surface area contributed by atoms with Crippen LogP contribution in [0.3, 0.4) is 0 Å². The second kappa shape index (κ2) is 2.51. The molecule has 60 valence electrons. The van der Waals surface area contributed by atoms with Gasteiger partial charge in [0.2, 0.25) is 0 Å². The van der Waals surface area contributed by atoms with Crippen molar-refractivity contribution in [3.63, 3.8) is 0 Å². The fourth-order valence-electron chi connectivity index (χ4n) is 2.27. The minimum Gasteiger partial charge on any atom is -0.0811 e. The van der Waals surface area contributed by atoms with Gasteiger partial charge in [-0.25, -0.2) is 0 Å². The van der Waals surface area contributed by atoms with Crippen molar-refractivity contribution < 1.29 is 0 Å². The quantitative estimate of drug-likeness (QED) is 0.494. The lowest BCUT2D eigenvalue weighted by Crippen LogP contribution is -2.00. The molecule has 0 aromatic heterocycles. The molecule has 0 spiro atoms. The van der Waals surface area contributed by atoms with Crippen molar-refractivity contribution in [3.05, 3.63) is 23.3 Å². The first-order valence-corrected chi connectivity index (χ1v) is 4.67. The standard InChI is InChI=1S/C11H16/c1-8-3-6-11-9(2)4-5-10(11)7-8/h3,6,8-9H,4-5,7H2,1-2H3/t8?,9-/m0/s1. The van der Waals surface area contributed by atoms with Crippen molar-refractivity contribution in [1.29, 1.82) is 0 Å². The Balaban J connectivity index is 2.25. The van der Waals surface area contributed by atoms with Crippen LogP contribution in [-0.2, 0) is 0 Å². The summed E-state index contributed by atoms with van der Waals surface area (Å²) in [7, 11) is 0. The number of hydrogen-bond donors (Lipinski definition) is 0. The van der Waals surface area contributed by atoms with Gasteiger partial charge in [0.05, 0.1) is 0 Å². The van der Waals surface area contributed by atoms with Crippen LogP contribution in [0.4, 0.5) is 0 Å². The molecule has 2 rings (SSSR count). The van der Waals surface area contributed by atoms with E-state index >= 15 is 0 Å². The SMILES string of the molecule is CC1C=CC2=C(CC[C@@H]2C)C1. The van der Waals surface area contributed by atoms with E-state index in [4.69, 9.17) is 0 Å². The van der Waals surface area contributed by atoms with Gasteiger partial charge >= 0.3 is 0 Å². The Kier molecular flexibility index (Phi) is 1.63. The molecule has 0 aromatic rings. The summed E-state index contributed by atoms with van der Waals surface area (Å²) in [6.07, 6.45) is 8.81. The summed E-state index contributed by atoms with van der Waals surface area (Å²) in [4.78, 5) is 0. The number of hydrogen-bond acceptors (Lipinski definition) is 0. The van der Waals surface area contributed by atoms with Crippen molar-refractivity contribution in [2.45, 2.75) is 33.1 Å². The highest BCUT2D eigenvalue weighted by Gasteiger charge is 2.22. The normalized spacial score (nSPS) is 36.2. The third kappa shape index (κ3) is 1.15. The van der Waals surface area contributed by atoms with Gasteiger partial charge in [-0.05, 0) is 36.7 Å². The van der Waals surface area contributed by atoms with Crippen LogP contribution in [0.2, 0.25) is 0 Å². The molecular weight excluding hydrogens is 132 g/mol. The van der Waals surface area contributed by atoms with Crippen LogP contribution in [0.5, 0.6) is 0 Å². The Bertz CT molecular complexity index is 220. The van der Waals surface area contributed by atoms with Gasteiger partial charge in [-0.3, -0.25) is 0 Å². The highest BCUT2D eigenvalue weighted by Crippen LogP contribution is 2.38. The fraction of sp³-hybridized carbons (Fsp3) is 0.636. The predicted octanol–water partition coefficient (Wildman–Crippen LogP) is 3.31. The summed E-state index contributed by atoms with van der Waals surface area (Å²) in [5, 5.41) is 0. The predicted molar refractivity (Wildman–Crippen MR) is 48.3 cm³/mol. The van der Waals surface area contributed by atoms with Gasteiger partial charge in [0, 0.05) is 0 Å². The summed E-state index contributed by atoms with van der Waals surface area (Å²) in [6, 6.07) is 0. The summed E-state index contributed by atoms with van der Waals surface area (Å²) >= 11 is 0. The summed E-state index contributed by atoms with van der Waals surface area (Å²) in [6.45, 7) is 4.66. The molecule has 0 saturated heterocycles. The van der Waals surface area contributed by atoms with Crippen molar-refractivity contribution in [3.8, 4) is 0 Å². The molecule has 2 atom stereocenters. The van der Waals surface area contributed by atoms with Crippen LogP contribution >= 0.6 is 0 Å². The molecule has 0 saturated carbocycles. The van der Waals surface area contributed by atoms with Crippen molar-refractivity contribution >= 4 is 0 Å². The lowest BCUT2D eigenvalue weighted by molar-refractivity contribution is 0.674. The van der Waals surface area contributed by atoms with E-state index in [1.54, 1.807) is 11.1 Å². The summed E-state index contributed by atoms with van der Waals surface area (Å²) < 4.78 is 0. The number of rotatable bonds is 0. The largest absolute Gasteiger partial charge is 0.0811 e. The first-order valence-electron chi connectivity index (χ1n) is 4.67. The maximum absolute atomic E-state index is 2.36. The molecule has 0 N–H and O–H groups in total. The van der Waals surface area contributed by atoms with Crippen molar-refractivity contribution in [2.75, 3.05) is 0 Å². The van der Waals surface area contributed by atoms with Crippen LogP contribution in [0.15, 0.2) is 23.3 Å². The minimum atomic E-state index is 0.791. The van der Waals surface area contributed by atoms with Crippen molar-refractivity contribution in [1.82, 2.24) is 0 Å². The van der Waals surface area contributed by atoms with E-state index in [0.29, 0.717) is 0 Å². The van der Waals surface area contributed by atoms with Gasteiger partial charge in [-0.2, -0.15) is 0 Å². The molecule has 1 unspecified atom stereocenters.